The number of carbonyl (C=O) groups is 1. The normalized spacial score (nSPS) is 15.8. The lowest BCUT2D eigenvalue weighted by molar-refractivity contribution is 0.0912. The molecule has 0 atom stereocenters. The molecular weight excluding hydrogens is 297 g/mol. The molecule has 0 saturated carbocycles. The molecule has 6 heteroatoms. The van der Waals surface area contributed by atoms with Gasteiger partial charge in [0.25, 0.3) is 5.91 Å². The molecule has 0 bridgehead atoms. The SMILES string of the molecule is CCN1CCC(NC(=O)c2ccc(N)cc2)CC1.Cl.Cl. The molecule has 1 aliphatic heterocycles. The van der Waals surface area contributed by atoms with E-state index in [1.165, 1.54) is 0 Å². The standard InChI is InChI=1S/C14H21N3O.2ClH/c1-2-17-9-7-13(8-10-17)16-14(18)11-3-5-12(15)6-4-11;;/h3-6,13H,2,7-10,15H2,1H3,(H,16,18);2*1H. The molecule has 0 radical (unpaired) electrons. The highest BCUT2D eigenvalue weighted by Crippen LogP contribution is 2.11. The number of nitrogens with two attached hydrogens (primary N) is 1. The van der Waals surface area contributed by atoms with Crippen LogP contribution in [-0.2, 0) is 0 Å². The number of rotatable bonds is 3. The highest BCUT2D eigenvalue weighted by Gasteiger charge is 2.19. The maximum absolute atomic E-state index is 12.0. The molecule has 4 nitrogen and oxygen atoms in total. The number of nitrogens with one attached hydrogen (secondary N) is 1. The number of hydrogen-bond acceptors (Lipinski definition) is 3. The minimum absolute atomic E-state index is 0. The van der Waals surface area contributed by atoms with Gasteiger partial charge in [-0.15, -0.1) is 24.8 Å². The fourth-order valence-corrected chi connectivity index (χ4v) is 2.30. The maximum Gasteiger partial charge on any atom is 0.251 e. The van der Waals surface area contributed by atoms with Gasteiger partial charge >= 0.3 is 0 Å². The second kappa shape index (κ2) is 9.06. The monoisotopic (exact) mass is 319 g/mol. The van der Waals surface area contributed by atoms with Gasteiger partial charge in [-0.05, 0) is 43.7 Å². The van der Waals surface area contributed by atoms with Crippen LogP contribution in [0.1, 0.15) is 30.1 Å². The van der Waals surface area contributed by atoms with E-state index in [1.54, 1.807) is 24.3 Å². The maximum atomic E-state index is 12.0. The molecule has 2 rings (SSSR count). The van der Waals surface area contributed by atoms with Gasteiger partial charge in [-0.3, -0.25) is 4.79 Å². The number of benzene rings is 1. The molecule has 0 unspecified atom stereocenters. The van der Waals surface area contributed by atoms with Crippen LogP contribution in [0, 0.1) is 0 Å². The summed E-state index contributed by atoms with van der Waals surface area (Å²) in [5.74, 6) is 0.00458. The van der Waals surface area contributed by atoms with Crippen LogP contribution in [0.15, 0.2) is 24.3 Å². The van der Waals surface area contributed by atoms with E-state index >= 15 is 0 Å². The van der Waals surface area contributed by atoms with Crippen molar-refractivity contribution >= 4 is 36.4 Å². The van der Waals surface area contributed by atoms with Gasteiger partial charge in [-0.1, -0.05) is 6.92 Å². The number of anilines is 1. The lowest BCUT2D eigenvalue weighted by atomic mass is 10.0. The predicted octanol–water partition coefficient (Wildman–Crippen LogP) is 2.33. The van der Waals surface area contributed by atoms with Crippen molar-refractivity contribution in [1.29, 1.82) is 0 Å². The number of piperidine rings is 1. The smallest absolute Gasteiger partial charge is 0.251 e. The summed E-state index contributed by atoms with van der Waals surface area (Å²) in [6.45, 7) is 5.41. The van der Waals surface area contributed by atoms with Crippen LogP contribution in [0.2, 0.25) is 0 Å². The molecule has 1 aromatic carbocycles. The Labute approximate surface area is 132 Å². The Bertz CT molecular complexity index is 403. The number of carbonyl (C=O) groups excluding carboxylic acids is 1. The molecule has 1 fully saturated rings. The Morgan fingerprint density at radius 2 is 1.80 bits per heavy atom. The third-order valence-electron chi connectivity index (χ3n) is 3.54. The van der Waals surface area contributed by atoms with Gasteiger partial charge in [0.2, 0.25) is 0 Å². The van der Waals surface area contributed by atoms with Gasteiger partial charge in [0.1, 0.15) is 0 Å². The first-order valence-corrected chi connectivity index (χ1v) is 6.58. The van der Waals surface area contributed by atoms with E-state index in [0.717, 1.165) is 32.5 Å². The summed E-state index contributed by atoms with van der Waals surface area (Å²) in [6, 6.07) is 7.36. The van der Waals surface area contributed by atoms with Crippen molar-refractivity contribution in [3.8, 4) is 0 Å². The summed E-state index contributed by atoms with van der Waals surface area (Å²) < 4.78 is 0. The Kier molecular flexibility index (Phi) is 8.62. The first-order valence-electron chi connectivity index (χ1n) is 6.58. The fourth-order valence-electron chi connectivity index (χ4n) is 2.30. The summed E-state index contributed by atoms with van der Waals surface area (Å²) in [4.78, 5) is 14.4. The van der Waals surface area contributed by atoms with Crippen molar-refractivity contribution in [2.45, 2.75) is 25.8 Å². The van der Waals surface area contributed by atoms with Crippen LogP contribution >= 0.6 is 24.8 Å². The van der Waals surface area contributed by atoms with Crippen LogP contribution in [0.4, 0.5) is 5.69 Å². The van der Waals surface area contributed by atoms with Crippen LogP contribution < -0.4 is 11.1 Å². The minimum atomic E-state index is 0. The van der Waals surface area contributed by atoms with E-state index in [9.17, 15) is 4.79 Å². The molecular formula is C14H23Cl2N3O. The second-order valence-corrected chi connectivity index (χ2v) is 4.80. The molecule has 0 spiro atoms. The zero-order valence-electron chi connectivity index (χ0n) is 11.7. The van der Waals surface area contributed by atoms with E-state index < -0.39 is 0 Å². The van der Waals surface area contributed by atoms with Gasteiger partial charge in [-0.25, -0.2) is 0 Å². The number of nitrogen functional groups attached to an aromatic ring is 1. The third-order valence-corrected chi connectivity index (χ3v) is 3.54. The highest BCUT2D eigenvalue weighted by molar-refractivity contribution is 5.94. The van der Waals surface area contributed by atoms with Crippen molar-refractivity contribution in [1.82, 2.24) is 10.2 Å². The fraction of sp³-hybridized carbons (Fsp3) is 0.500. The lowest BCUT2D eigenvalue weighted by Crippen LogP contribution is -2.44. The first kappa shape index (κ1) is 19.0. The van der Waals surface area contributed by atoms with E-state index in [0.29, 0.717) is 17.3 Å². The molecule has 1 heterocycles. The summed E-state index contributed by atoms with van der Waals surface area (Å²) in [5, 5.41) is 3.09. The molecule has 20 heavy (non-hydrogen) atoms. The highest BCUT2D eigenvalue weighted by atomic mass is 35.5. The van der Waals surface area contributed by atoms with Crippen molar-refractivity contribution in [3.05, 3.63) is 29.8 Å². The largest absolute Gasteiger partial charge is 0.399 e. The number of hydrogen-bond donors (Lipinski definition) is 2. The van der Waals surface area contributed by atoms with Crippen molar-refractivity contribution in [2.24, 2.45) is 0 Å². The van der Waals surface area contributed by atoms with E-state index in [4.69, 9.17) is 5.73 Å². The van der Waals surface area contributed by atoms with Crippen LogP contribution in [0.3, 0.4) is 0 Å². The van der Waals surface area contributed by atoms with Crippen LogP contribution in [0.5, 0.6) is 0 Å². The minimum Gasteiger partial charge on any atom is -0.399 e. The third kappa shape index (κ3) is 5.19. The van der Waals surface area contributed by atoms with Crippen molar-refractivity contribution in [2.75, 3.05) is 25.4 Å². The molecule has 1 amide bonds. The molecule has 1 saturated heterocycles. The van der Waals surface area contributed by atoms with Crippen LogP contribution in [0.25, 0.3) is 0 Å². The van der Waals surface area contributed by atoms with Gasteiger partial charge < -0.3 is 16.0 Å². The quantitative estimate of drug-likeness (QED) is 0.841. The summed E-state index contributed by atoms with van der Waals surface area (Å²) >= 11 is 0. The van der Waals surface area contributed by atoms with Gasteiger partial charge in [0, 0.05) is 30.4 Å². The Hall–Kier alpha value is -0.970. The summed E-state index contributed by atoms with van der Waals surface area (Å²) in [7, 11) is 0. The van der Waals surface area contributed by atoms with E-state index in [1.807, 2.05) is 0 Å². The average Bonchev–Trinajstić information content (AvgIpc) is 2.40. The molecule has 1 aromatic rings. The van der Waals surface area contributed by atoms with Crippen molar-refractivity contribution in [3.63, 3.8) is 0 Å². The van der Waals surface area contributed by atoms with Crippen molar-refractivity contribution < 1.29 is 4.79 Å². The molecule has 3 N–H and O–H groups in total. The molecule has 114 valence electrons. The molecule has 0 aromatic heterocycles. The number of likely N-dealkylation sites (tertiary alicyclic amines) is 1. The van der Waals surface area contributed by atoms with Gasteiger partial charge in [-0.2, -0.15) is 0 Å². The van der Waals surface area contributed by atoms with E-state index in [2.05, 4.69) is 17.1 Å². The number of amides is 1. The molecule has 0 aliphatic carbocycles. The Morgan fingerprint density at radius 1 is 1.25 bits per heavy atom. The summed E-state index contributed by atoms with van der Waals surface area (Å²) in [6.07, 6.45) is 2.07. The van der Waals surface area contributed by atoms with Gasteiger partial charge in [0.05, 0.1) is 0 Å². The first-order chi connectivity index (χ1) is 8.69. The predicted molar refractivity (Wildman–Crippen MR) is 88.0 cm³/mol. The lowest BCUT2D eigenvalue weighted by Gasteiger charge is -2.31. The zero-order chi connectivity index (χ0) is 13.0. The van der Waals surface area contributed by atoms with Crippen LogP contribution in [-0.4, -0.2) is 36.5 Å². The topological polar surface area (TPSA) is 58.4 Å². The second-order valence-electron chi connectivity index (χ2n) is 4.80. The molecule has 1 aliphatic rings. The average molecular weight is 320 g/mol. The Morgan fingerprint density at radius 3 is 2.30 bits per heavy atom. The number of nitrogens with zero attached hydrogens (tertiary/aromatic N) is 1. The number of halogens is 2. The van der Waals surface area contributed by atoms with Gasteiger partial charge in [0.15, 0.2) is 0 Å². The van der Waals surface area contributed by atoms with E-state index in [-0.39, 0.29) is 30.7 Å². The Balaban J connectivity index is 0.00000180. The summed E-state index contributed by atoms with van der Waals surface area (Å²) in [5.41, 5.74) is 6.97. The zero-order valence-corrected chi connectivity index (χ0v) is 13.3.